The third kappa shape index (κ3) is 8.59. The molecule has 0 spiro atoms. The number of anilines is 1. The maximum Gasteiger partial charge on any atom is 0.243 e. The molecular formula is C24H37N5O4S2. The summed E-state index contributed by atoms with van der Waals surface area (Å²) in [7, 11) is 0. The lowest BCUT2D eigenvalue weighted by Gasteiger charge is -2.28. The number of nitrogens with zero attached hydrogens (tertiary/aromatic N) is 3. The van der Waals surface area contributed by atoms with E-state index in [4.69, 9.17) is 9.62 Å². The number of thiazole rings is 1. The molecule has 194 valence electrons. The Kier molecular flexibility index (Phi) is 10.6. The van der Waals surface area contributed by atoms with Gasteiger partial charge in [0.05, 0.1) is 22.4 Å². The number of hydroxylamine groups is 1. The molecule has 3 rings (SSSR count). The summed E-state index contributed by atoms with van der Waals surface area (Å²) >= 11 is 3.15. The molecular weight excluding hydrogens is 486 g/mol. The van der Waals surface area contributed by atoms with Crippen molar-refractivity contribution in [2.24, 2.45) is 5.92 Å². The zero-order valence-electron chi connectivity index (χ0n) is 20.8. The molecule has 0 bridgehead atoms. The average molecular weight is 524 g/mol. The number of nitrogens with one attached hydrogen (secondary N) is 2. The van der Waals surface area contributed by atoms with Crippen molar-refractivity contribution >= 4 is 40.0 Å². The highest BCUT2D eigenvalue weighted by atomic mass is 32.2. The van der Waals surface area contributed by atoms with Crippen LogP contribution < -0.4 is 15.7 Å². The lowest BCUT2D eigenvalue weighted by atomic mass is 9.94. The molecule has 0 saturated carbocycles. The fourth-order valence-electron chi connectivity index (χ4n) is 3.85. The van der Waals surface area contributed by atoms with Gasteiger partial charge in [-0.05, 0) is 38.8 Å². The van der Waals surface area contributed by atoms with Gasteiger partial charge in [-0.15, -0.1) is 11.8 Å². The number of oxazole rings is 1. The fraction of sp³-hybridized carbons (Fsp3) is 0.667. The van der Waals surface area contributed by atoms with Crippen LogP contribution in [-0.4, -0.2) is 46.6 Å². The van der Waals surface area contributed by atoms with Crippen LogP contribution in [0.2, 0.25) is 0 Å². The topological polar surface area (TPSA) is 121 Å². The van der Waals surface area contributed by atoms with Crippen LogP contribution in [-0.2, 0) is 20.8 Å². The van der Waals surface area contributed by atoms with Crippen molar-refractivity contribution in [3.63, 3.8) is 0 Å². The van der Waals surface area contributed by atoms with Gasteiger partial charge in [-0.3, -0.25) is 19.7 Å². The predicted molar refractivity (Wildman–Crippen MR) is 138 cm³/mol. The number of hydrogen-bond donors (Lipinski definition) is 3. The maximum absolute atomic E-state index is 13.4. The molecule has 11 heteroatoms. The third-order valence-electron chi connectivity index (χ3n) is 5.95. The molecule has 0 radical (unpaired) electrons. The van der Waals surface area contributed by atoms with E-state index >= 15 is 0 Å². The summed E-state index contributed by atoms with van der Waals surface area (Å²) in [6, 6.07) is 0. The van der Waals surface area contributed by atoms with Crippen LogP contribution in [0, 0.1) is 5.92 Å². The number of aromatic nitrogens is 2. The number of thioether (sulfide) groups is 1. The van der Waals surface area contributed by atoms with Crippen molar-refractivity contribution in [1.29, 1.82) is 0 Å². The van der Waals surface area contributed by atoms with E-state index in [0.717, 1.165) is 60.3 Å². The first-order chi connectivity index (χ1) is 16.8. The van der Waals surface area contributed by atoms with Gasteiger partial charge in [-0.25, -0.2) is 15.4 Å². The number of rotatable bonds is 12. The molecule has 1 aliphatic rings. The standard InChI is InChI=1S/C24H37N5O4S2/c1-24(2,3)18-14-26-20(33-18)16-34-21-15-27-23(35-21)29(22(31)17-9-11-25-12-10-17)13-7-5-4-6-8-19(30)28-32/h14-15,17,25,32H,4-13,16H2,1-3H3,(H,28,30). The molecule has 2 amide bonds. The lowest BCUT2D eigenvalue weighted by molar-refractivity contribution is -0.129. The Morgan fingerprint density at radius 1 is 1.20 bits per heavy atom. The number of piperidine rings is 1. The molecule has 1 saturated heterocycles. The minimum Gasteiger partial charge on any atom is -0.444 e. The molecule has 2 aromatic rings. The van der Waals surface area contributed by atoms with E-state index < -0.39 is 0 Å². The van der Waals surface area contributed by atoms with Crippen molar-refractivity contribution in [1.82, 2.24) is 20.8 Å². The molecule has 2 aromatic heterocycles. The van der Waals surface area contributed by atoms with Gasteiger partial charge in [0, 0.05) is 24.3 Å². The Morgan fingerprint density at radius 3 is 2.63 bits per heavy atom. The van der Waals surface area contributed by atoms with Gasteiger partial charge >= 0.3 is 0 Å². The van der Waals surface area contributed by atoms with Gasteiger partial charge in [0.1, 0.15) is 5.76 Å². The van der Waals surface area contributed by atoms with Gasteiger partial charge in [-0.1, -0.05) is 44.9 Å². The molecule has 0 atom stereocenters. The van der Waals surface area contributed by atoms with E-state index in [1.54, 1.807) is 23.4 Å². The number of unbranched alkanes of at least 4 members (excludes halogenated alkanes) is 3. The highest BCUT2D eigenvalue weighted by Crippen LogP contribution is 2.34. The summed E-state index contributed by atoms with van der Waals surface area (Å²) < 4.78 is 6.91. The smallest absolute Gasteiger partial charge is 0.243 e. The maximum atomic E-state index is 13.4. The van der Waals surface area contributed by atoms with Crippen LogP contribution in [0.4, 0.5) is 5.13 Å². The summed E-state index contributed by atoms with van der Waals surface area (Å²) in [5, 5.41) is 12.7. The minimum atomic E-state index is -0.361. The Hall–Kier alpha value is -1.95. The Morgan fingerprint density at radius 2 is 1.94 bits per heavy atom. The van der Waals surface area contributed by atoms with Gasteiger partial charge in [-0.2, -0.15) is 0 Å². The number of carbonyl (C=O) groups is 2. The molecule has 1 aliphatic heterocycles. The molecule has 0 aliphatic carbocycles. The van der Waals surface area contributed by atoms with Crippen LogP contribution in [0.1, 0.15) is 77.4 Å². The van der Waals surface area contributed by atoms with Gasteiger partial charge in [0.25, 0.3) is 0 Å². The highest BCUT2D eigenvalue weighted by molar-refractivity contribution is 8.00. The SMILES string of the molecule is CC(C)(C)c1cnc(CSc2cnc(N(CCCCCCC(=O)NO)C(=O)C3CCNCC3)s2)o1. The first-order valence-electron chi connectivity index (χ1n) is 12.3. The first-order valence-corrected chi connectivity index (χ1v) is 14.1. The Balaban J connectivity index is 1.58. The predicted octanol–water partition coefficient (Wildman–Crippen LogP) is 4.51. The molecule has 3 N–H and O–H groups in total. The van der Waals surface area contributed by atoms with E-state index in [0.29, 0.717) is 31.0 Å². The first kappa shape index (κ1) is 27.6. The van der Waals surface area contributed by atoms with E-state index in [1.165, 1.54) is 11.3 Å². The summed E-state index contributed by atoms with van der Waals surface area (Å²) in [5.74, 6) is 1.98. The van der Waals surface area contributed by atoms with E-state index in [2.05, 4.69) is 36.1 Å². The molecule has 0 unspecified atom stereocenters. The summed E-state index contributed by atoms with van der Waals surface area (Å²) in [6.07, 6.45) is 8.95. The second kappa shape index (κ2) is 13.4. The van der Waals surface area contributed by atoms with Crippen molar-refractivity contribution in [2.75, 3.05) is 24.5 Å². The molecule has 35 heavy (non-hydrogen) atoms. The van der Waals surface area contributed by atoms with Crippen LogP contribution >= 0.6 is 23.1 Å². The van der Waals surface area contributed by atoms with Crippen LogP contribution in [0.15, 0.2) is 21.0 Å². The second-order valence-corrected chi connectivity index (χ2v) is 12.1. The summed E-state index contributed by atoms with van der Waals surface area (Å²) in [4.78, 5) is 35.4. The van der Waals surface area contributed by atoms with Crippen molar-refractivity contribution in [3.8, 4) is 0 Å². The molecule has 3 heterocycles. The normalized spacial score (nSPS) is 14.7. The van der Waals surface area contributed by atoms with Gasteiger partial charge in [0.15, 0.2) is 5.13 Å². The third-order valence-corrected chi connectivity index (χ3v) is 8.15. The highest BCUT2D eigenvalue weighted by Gasteiger charge is 2.28. The van der Waals surface area contributed by atoms with E-state index in [-0.39, 0.29) is 23.1 Å². The number of amides is 2. The van der Waals surface area contributed by atoms with Crippen molar-refractivity contribution in [2.45, 2.75) is 81.1 Å². The van der Waals surface area contributed by atoms with Crippen molar-refractivity contribution in [3.05, 3.63) is 24.0 Å². The average Bonchev–Trinajstić information content (AvgIpc) is 3.52. The van der Waals surface area contributed by atoms with E-state index in [1.807, 2.05) is 11.1 Å². The number of hydrogen-bond acceptors (Lipinski definition) is 9. The van der Waals surface area contributed by atoms with E-state index in [9.17, 15) is 9.59 Å². The van der Waals surface area contributed by atoms with Crippen LogP contribution in [0.5, 0.6) is 0 Å². The Bertz CT molecular complexity index is 950. The lowest BCUT2D eigenvalue weighted by Crippen LogP contribution is -2.41. The summed E-state index contributed by atoms with van der Waals surface area (Å²) in [6.45, 7) is 8.63. The fourth-order valence-corrected chi connectivity index (χ4v) is 5.70. The zero-order valence-corrected chi connectivity index (χ0v) is 22.5. The Labute approximate surface area is 215 Å². The molecule has 9 nitrogen and oxygen atoms in total. The van der Waals surface area contributed by atoms with Gasteiger partial charge < -0.3 is 9.73 Å². The van der Waals surface area contributed by atoms with Crippen LogP contribution in [0.25, 0.3) is 0 Å². The zero-order chi connectivity index (χ0) is 25.3. The summed E-state index contributed by atoms with van der Waals surface area (Å²) in [5.41, 5.74) is 1.59. The molecule has 1 fully saturated rings. The van der Waals surface area contributed by atoms with Crippen molar-refractivity contribution < 1.29 is 19.2 Å². The largest absolute Gasteiger partial charge is 0.444 e. The number of carbonyl (C=O) groups excluding carboxylic acids is 2. The minimum absolute atomic E-state index is 0.0210. The second-order valence-electron chi connectivity index (χ2n) is 9.83. The van der Waals surface area contributed by atoms with Gasteiger partial charge in [0.2, 0.25) is 17.7 Å². The quantitative estimate of drug-likeness (QED) is 0.161. The monoisotopic (exact) mass is 523 g/mol. The van der Waals surface area contributed by atoms with Crippen LogP contribution in [0.3, 0.4) is 0 Å². The molecule has 0 aromatic carbocycles.